The third-order valence-electron chi connectivity index (χ3n) is 2.82. The van der Waals surface area contributed by atoms with Crippen molar-refractivity contribution in [3.63, 3.8) is 0 Å². The molecule has 1 rings (SSSR count). The predicted molar refractivity (Wildman–Crippen MR) is 66.1 cm³/mol. The largest absolute Gasteiger partial charge is 0.382 e. The Morgan fingerprint density at radius 2 is 2.11 bits per heavy atom. The second-order valence-corrected chi connectivity index (χ2v) is 4.32. The van der Waals surface area contributed by atoms with Gasteiger partial charge in [0.25, 0.3) is 0 Å². The van der Waals surface area contributed by atoms with E-state index < -0.39 is 6.04 Å². The summed E-state index contributed by atoms with van der Waals surface area (Å²) in [6.07, 6.45) is 1.15. The van der Waals surface area contributed by atoms with Gasteiger partial charge in [-0.2, -0.15) is 0 Å². The molecule has 18 heavy (non-hydrogen) atoms. The molecule has 1 N–H and O–H groups in total. The number of amides is 2. The maximum Gasteiger partial charge on any atom is 0.244 e. The van der Waals surface area contributed by atoms with Crippen molar-refractivity contribution < 1.29 is 19.1 Å². The molecule has 1 fully saturated rings. The van der Waals surface area contributed by atoms with Crippen LogP contribution >= 0.6 is 0 Å². The molecule has 1 unspecified atom stereocenters. The minimum Gasteiger partial charge on any atom is -0.382 e. The van der Waals surface area contributed by atoms with E-state index in [1.165, 1.54) is 0 Å². The van der Waals surface area contributed by atoms with Crippen LogP contribution in [0.15, 0.2) is 0 Å². The predicted octanol–water partition coefficient (Wildman–Crippen LogP) is -0.223. The lowest BCUT2D eigenvalue weighted by atomic mass is 10.3. The van der Waals surface area contributed by atoms with E-state index in [0.29, 0.717) is 39.3 Å². The van der Waals surface area contributed by atoms with Gasteiger partial charge >= 0.3 is 0 Å². The molecule has 0 aromatic heterocycles. The normalized spacial score (nSPS) is 20.8. The Balaban J connectivity index is 2.23. The fourth-order valence-corrected chi connectivity index (χ4v) is 1.82. The molecule has 0 radical (unpaired) electrons. The van der Waals surface area contributed by atoms with Gasteiger partial charge in [0.2, 0.25) is 11.8 Å². The number of carbonyl (C=O) groups is 2. The zero-order valence-corrected chi connectivity index (χ0v) is 11.1. The van der Waals surface area contributed by atoms with E-state index >= 15 is 0 Å². The Kier molecular flexibility index (Phi) is 6.67. The highest BCUT2D eigenvalue weighted by Gasteiger charge is 2.25. The Hall–Kier alpha value is -1.14. The summed E-state index contributed by atoms with van der Waals surface area (Å²) in [7, 11) is 1.63. The number of ether oxygens (including phenoxy) is 2. The zero-order chi connectivity index (χ0) is 13.4. The molecule has 6 heteroatoms. The molecule has 0 aliphatic carbocycles. The first-order valence-electron chi connectivity index (χ1n) is 6.30. The molecular formula is C12H22N2O4. The maximum atomic E-state index is 11.9. The number of nitrogens with zero attached hydrogens (tertiary/aromatic N) is 1. The summed E-state index contributed by atoms with van der Waals surface area (Å²) in [5, 5.41) is 2.66. The molecular weight excluding hydrogens is 236 g/mol. The molecule has 1 saturated heterocycles. The van der Waals surface area contributed by atoms with Crippen LogP contribution in [0.4, 0.5) is 0 Å². The maximum absolute atomic E-state index is 11.9. The minimum absolute atomic E-state index is 0.0160. The van der Waals surface area contributed by atoms with Gasteiger partial charge in [-0.1, -0.05) is 0 Å². The number of rotatable bonds is 7. The van der Waals surface area contributed by atoms with Gasteiger partial charge in [-0.05, 0) is 13.3 Å². The van der Waals surface area contributed by atoms with Crippen molar-refractivity contribution in [1.29, 1.82) is 0 Å². The van der Waals surface area contributed by atoms with E-state index in [4.69, 9.17) is 9.47 Å². The van der Waals surface area contributed by atoms with Gasteiger partial charge in [0.15, 0.2) is 0 Å². The Morgan fingerprint density at radius 3 is 2.83 bits per heavy atom. The second-order valence-electron chi connectivity index (χ2n) is 4.32. The van der Waals surface area contributed by atoms with E-state index in [2.05, 4.69) is 5.32 Å². The van der Waals surface area contributed by atoms with Crippen molar-refractivity contribution in [3.8, 4) is 0 Å². The highest BCUT2D eigenvalue weighted by molar-refractivity contribution is 5.89. The van der Waals surface area contributed by atoms with Crippen LogP contribution in [-0.4, -0.2) is 62.8 Å². The first-order valence-corrected chi connectivity index (χ1v) is 6.30. The van der Waals surface area contributed by atoms with Gasteiger partial charge in [0.05, 0.1) is 13.2 Å². The molecule has 1 aliphatic rings. The number of hydrogen-bond donors (Lipinski definition) is 1. The Morgan fingerprint density at radius 1 is 1.33 bits per heavy atom. The molecule has 104 valence electrons. The molecule has 1 heterocycles. The second kappa shape index (κ2) is 8.05. The van der Waals surface area contributed by atoms with Crippen LogP contribution in [0, 0.1) is 0 Å². The van der Waals surface area contributed by atoms with Gasteiger partial charge in [-0.3, -0.25) is 9.59 Å². The molecule has 1 aliphatic heterocycles. The van der Waals surface area contributed by atoms with Crippen molar-refractivity contribution in [2.24, 2.45) is 0 Å². The van der Waals surface area contributed by atoms with Gasteiger partial charge in [0, 0.05) is 33.2 Å². The molecule has 0 bridgehead atoms. The molecule has 0 saturated carbocycles. The third-order valence-corrected chi connectivity index (χ3v) is 2.82. The zero-order valence-electron chi connectivity index (χ0n) is 11.1. The van der Waals surface area contributed by atoms with E-state index in [1.807, 2.05) is 0 Å². The highest BCUT2D eigenvalue weighted by Crippen LogP contribution is 2.04. The van der Waals surface area contributed by atoms with Crippen LogP contribution in [0.5, 0.6) is 0 Å². The summed E-state index contributed by atoms with van der Waals surface area (Å²) in [6, 6.07) is -0.422. The topological polar surface area (TPSA) is 67.9 Å². The summed E-state index contributed by atoms with van der Waals surface area (Å²) in [5.74, 6) is -0.0764. The van der Waals surface area contributed by atoms with Gasteiger partial charge in [-0.25, -0.2) is 0 Å². The summed E-state index contributed by atoms with van der Waals surface area (Å²) >= 11 is 0. The molecule has 0 spiro atoms. The number of carbonyl (C=O) groups excluding carboxylic acids is 2. The summed E-state index contributed by atoms with van der Waals surface area (Å²) in [4.78, 5) is 24.9. The average Bonchev–Trinajstić information content (AvgIpc) is 2.46. The Bertz CT molecular complexity index is 283. The summed E-state index contributed by atoms with van der Waals surface area (Å²) < 4.78 is 10.2. The number of methoxy groups -OCH3 is 1. The average molecular weight is 258 g/mol. The van der Waals surface area contributed by atoms with Crippen molar-refractivity contribution in [2.75, 3.05) is 40.0 Å². The first kappa shape index (κ1) is 14.9. The molecule has 6 nitrogen and oxygen atoms in total. The summed E-state index contributed by atoms with van der Waals surface area (Å²) in [6.45, 7) is 4.59. The molecule has 0 aromatic carbocycles. The van der Waals surface area contributed by atoms with Crippen LogP contribution in [0.3, 0.4) is 0 Å². The van der Waals surface area contributed by atoms with Crippen molar-refractivity contribution >= 4 is 11.8 Å². The lowest BCUT2D eigenvalue weighted by Gasteiger charge is -2.22. The van der Waals surface area contributed by atoms with E-state index in [0.717, 1.165) is 6.42 Å². The van der Waals surface area contributed by atoms with Crippen LogP contribution in [0.1, 0.15) is 19.8 Å². The van der Waals surface area contributed by atoms with Crippen LogP contribution in [0.2, 0.25) is 0 Å². The Labute approximate surface area is 108 Å². The monoisotopic (exact) mass is 258 g/mol. The minimum atomic E-state index is -0.422. The van der Waals surface area contributed by atoms with Crippen molar-refractivity contribution in [2.45, 2.75) is 25.8 Å². The van der Waals surface area contributed by atoms with Crippen LogP contribution < -0.4 is 5.32 Å². The quantitative estimate of drug-likeness (QED) is 0.641. The lowest BCUT2D eigenvalue weighted by Crippen LogP contribution is -2.43. The van der Waals surface area contributed by atoms with Crippen molar-refractivity contribution in [3.05, 3.63) is 0 Å². The number of hydrogen-bond acceptors (Lipinski definition) is 4. The molecule has 1 atom stereocenters. The van der Waals surface area contributed by atoms with Gasteiger partial charge in [0.1, 0.15) is 6.04 Å². The van der Waals surface area contributed by atoms with E-state index in [-0.39, 0.29) is 11.8 Å². The fourth-order valence-electron chi connectivity index (χ4n) is 1.82. The van der Waals surface area contributed by atoms with E-state index in [1.54, 1.807) is 18.9 Å². The molecule has 2 amide bonds. The van der Waals surface area contributed by atoms with E-state index in [9.17, 15) is 9.59 Å². The van der Waals surface area contributed by atoms with Crippen LogP contribution in [-0.2, 0) is 19.1 Å². The third kappa shape index (κ3) is 5.01. The standard InChI is InChI=1S/C12H22N2O4/c1-10-12(16)14(6-4-11(15)13-10)5-3-7-18-9-8-17-2/h10H,3-9H2,1-2H3,(H,13,15). The smallest absolute Gasteiger partial charge is 0.244 e. The van der Waals surface area contributed by atoms with Crippen LogP contribution in [0.25, 0.3) is 0 Å². The van der Waals surface area contributed by atoms with Gasteiger partial charge < -0.3 is 19.7 Å². The fraction of sp³-hybridized carbons (Fsp3) is 0.833. The van der Waals surface area contributed by atoms with Gasteiger partial charge in [-0.15, -0.1) is 0 Å². The number of nitrogens with one attached hydrogen (secondary N) is 1. The molecule has 0 aromatic rings. The first-order chi connectivity index (χ1) is 8.65. The summed E-state index contributed by atoms with van der Waals surface area (Å²) in [5.41, 5.74) is 0. The highest BCUT2D eigenvalue weighted by atomic mass is 16.5. The lowest BCUT2D eigenvalue weighted by molar-refractivity contribution is -0.133. The SMILES string of the molecule is COCCOCCCN1CCC(=O)NC(C)C1=O. The van der Waals surface area contributed by atoms with Crippen molar-refractivity contribution in [1.82, 2.24) is 10.2 Å².